The summed E-state index contributed by atoms with van der Waals surface area (Å²) in [6.45, 7) is 4.77. The summed E-state index contributed by atoms with van der Waals surface area (Å²) in [4.78, 5) is 27.7. The van der Waals surface area contributed by atoms with Gasteiger partial charge in [-0.25, -0.2) is 0 Å². The Balaban J connectivity index is 1.92. The molecule has 150 valence electrons. The molecule has 1 atom stereocenters. The number of fused-ring (bicyclic) bond motifs is 2. The number of ether oxygens (including phenoxy) is 2. The van der Waals surface area contributed by atoms with Gasteiger partial charge in [-0.1, -0.05) is 22.0 Å². The molecule has 1 aromatic heterocycles. The van der Waals surface area contributed by atoms with Crippen molar-refractivity contribution in [1.29, 1.82) is 0 Å². The Morgan fingerprint density at radius 3 is 2.48 bits per heavy atom. The Labute approximate surface area is 176 Å². The van der Waals surface area contributed by atoms with Gasteiger partial charge in [0.1, 0.15) is 5.58 Å². The molecule has 7 heteroatoms. The highest BCUT2D eigenvalue weighted by Gasteiger charge is 2.41. The SMILES string of the molecule is CCOc1ccc(C2c3c(oc4ccc(Br)cc4c3=O)C(=O)N2C)cc1OCC. The zero-order valence-corrected chi connectivity index (χ0v) is 17.9. The molecule has 2 aromatic carbocycles. The highest BCUT2D eigenvalue weighted by Crippen LogP contribution is 2.40. The zero-order valence-electron chi connectivity index (χ0n) is 16.3. The second-order valence-corrected chi connectivity index (χ2v) is 7.62. The predicted molar refractivity (Wildman–Crippen MR) is 113 cm³/mol. The van der Waals surface area contributed by atoms with Gasteiger partial charge in [-0.15, -0.1) is 0 Å². The van der Waals surface area contributed by atoms with E-state index in [-0.39, 0.29) is 17.1 Å². The first kappa shape index (κ1) is 19.5. The molecule has 1 aliphatic heterocycles. The average molecular weight is 458 g/mol. The van der Waals surface area contributed by atoms with Crippen molar-refractivity contribution in [3.05, 3.63) is 68.0 Å². The van der Waals surface area contributed by atoms with E-state index < -0.39 is 6.04 Å². The lowest BCUT2D eigenvalue weighted by Gasteiger charge is -2.21. The van der Waals surface area contributed by atoms with Crippen LogP contribution >= 0.6 is 15.9 Å². The average Bonchev–Trinajstić information content (AvgIpc) is 2.95. The van der Waals surface area contributed by atoms with Gasteiger partial charge in [-0.3, -0.25) is 9.59 Å². The van der Waals surface area contributed by atoms with Crippen LogP contribution in [0, 0.1) is 0 Å². The lowest BCUT2D eigenvalue weighted by atomic mass is 9.98. The second kappa shape index (κ2) is 7.55. The molecule has 0 saturated heterocycles. The molecule has 4 rings (SSSR count). The topological polar surface area (TPSA) is 69.0 Å². The molecule has 1 unspecified atom stereocenters. The zero-order chi connectivity index (χ0) is 20.7. The summed E-state index contributed by atoms with van der Waals surface area (Å²) in [7, 11) is 1.67. The lowest BCUT2D eigenvalue weighted by Crippen LogP contribution is -2.25. The summed E-state index contributed by atoms with van der Waals surface area (Å²) in [6.07, 6.45) is 0. The maximum Gasteiger partial charge on any atom is 0.290 e. The van der Waals surface area contributed by atoms with Gasteiger partial charge in [0.15, 0.2) is 16.9 Å². The molecule has 6 nitrogen and oxygen atoms in total. The first-order valence-corrected chi connectivity index (χ1v) is 10.2. The summed E-state index contributed by atoms with van der Waals surface area (Å²) in [6, 6.07) is 10.1. The van der Waals surface area contributed by atoms with Crippen LogP contribution in [0.2, 0.25) is 0 Å². The van der Waals surface area contributed by atoms with E-state index in [2.05, 4.69) is 15.9 Å². The normalized spacial score (nSPS) is 15.7. The molecule has 0 saturated carbocycles. The molecule has 0 radical (unpaired) electrons. The van der Waals surface area contributed by atoms with Crippen molar-refractivity contribution in [2.24, 2.45) is 0 Å². The van der Waals surface area contributed by atoms with E-state index in [1.54, 1.807) is 31.3 Å². The van der Waals surface area contributed by atoms with Crippen LogP contribution in [0.15, 0.2) is 50.1 Å². The molecule has 0 N–H and O–H groups in total. The highest BCUT2D eigenvalue weighted by atomic mass is 79.9. The Morgan fingerprint density at radius 2 is 1.76 bits per heavy atom. The monoisotopic (exact) mass is 457 g/mol. The van der Waals surface area contributed by atoms with Crippen molar-refractivity contribution in [2.75, 3.05) is 20.3 Å². The maximum absolute atomic E-state index is 13.3. The fraction of sp³-hybridized carbons (Fsp3) is 0.273. The van der Waals surface area contributed by atoms with Crippen molar-refractivity contribution < 1.29 is 18.7 Å². The van der Waals surface area contributed by atoms with Crippen LogP contribution < -0.4 is 14.9 Å². The van der Waals surface area contributed by atoms with Crippen LogP contribution in [0.5, 0.6) is 11.5 Å². The Bertz CT molecular complexity index is 1170. The molecule has 29 heavy (non-hydrogen) atoms. The van der Waals surface area contributed by atoms with E-state index in [1.807, 2.05) is 26.0 Å². The third-order valence-corrected chi connectivity index (χ3v) is 5.44. The second-order valence-electron chi connectivity index (χ2n) is 6.71. The third kappa shape index (κ3) is 3.19. The quantitative estimate of drug-likeness (QED) is 0.562. The van der Waals surface area contributed by atoms with E-state index in [0.29, 0.717) is 41.2 Å². The van der Waals surface area contributed by atoms with Crippen LogP contribution in [0.25, 0.3) is 11.0 Å². The van der Waals surface area contributed by atoms with E-state index in [4.69, 9.17) is 13.9 Å². The molecule has 0 spiro atoms. The molecule has 0 aliphatic carbocycles. The van der Waals surface area contributed by atoms with Crippen LogP contribution in [0.1, 0.15) is 41.6 Å². The van der Waals surface area contributed by atoms with E-state index in [9.17, 15) is 9.59 Å². The molecule has 3 aromatic rings. The van der Waals surface area contributed by atoms with E-state index in [1.165, 1.54) is 4.90 Å². The van der Waals surface area contributed by atoms with Crippen molar-refractivity contribution >= 4 is 32.8 Å². The largest absolute Gasteiger partial charge is 0.490 e. The van der Waals surface area contributed by atoms with Gasteiger partial charge in [-0.05, 0) is 49.7 Å². The smallest absolute Gasteiger partial charge is 0.290 e. The summed E-state index contributed by atoms with van der Waals surface area (Å²) < 4.78 is 18.0. The van der Waals surface area contributed by atoms with Crippen molar-refractivity contribution in [1.82, 2.24) is 4.90 Å². The number of halogens is 1. The first-order valence-electron chi connectivity index (χ1n) is 9.39. The Kier molecular flexibility index (Phi) is 5.08. The van der Waals surface area contributed by atoms with Gasteiger partial charge in [0, 0.05) is 11.5 Å². The first-order chi connectivity index (χ1) is 14.0. The number of carbonyl (C=O) groups excluding carboxylic acids is 1. The van der Waals surface area contributed by atoms with E-state index >= 15 is 0 Å². The van der Waals surface area contributed by atoms with Gasteiger partial charge in [0.2, 0.25) is 5.76 Å². The van der Waals surface area contributed by atoms with Gasteiger partial charge in [0.25, 0.3) is 5.91 Å². The number of carbonyl (C=O) groups is 1. The molecule has 0 bridgehead atoms. The van der Waals surface area contributed by atoms with Crippen molar-refractivity contribution in [3.8, 4) is 11.5 Å². The summed E-state index contributed by atoms with van der Waals surface area (Å²) in [5.74, 6) is 0.969. The Morgan fingerprint density at radius 1 is 1.03 bits per heavy atom. The van der Waals surface area contributed by atoms with E-state index in [0.717, 1.165) is 10.0 Å². The number of nitrogens with zero attached hydrogens (tertiary/aromatic N) is 1. The minimum Gasteiger partial charge on any atom is -0.490 e. The maximum atomic E-state index is 13.3. The van der Waals surface area contributed by atoms with Crippen LogP contribution in [-0.4, -0.2) is 31.1 Å². The lowest BCUT2D eigenvalue weighted by molar-refractivity contribution is 0.0771. The van der Waals surface area contributed by atoms with Crippen LogP contribution in [0.4, 0.5) is 0 Å². The van der Waals surface area contributed by atoms with Gasteiger partial charge < -0.3 is 18.8 Å². The minimum absolute atomic E-state index is 0.0872. The summed E-state index contributed by atoms with van der Waals surface area (Å²) in [5.41, 5.74) is 1.28. The number of rotatable bonds is 5. The fourth-order valence-corrected chi connectivity index (χ4v) is 4.05. The molecule has 2 heterocycles. The minimum atomic E-state index is -0.563. The third-order valence-electron chi connectivity index (χ3n) is 4.95. The number of amides is 1. The molecular formula is C22H20BrNO5. The molecule has 0 fully saturated rings. The molecular weight excluding hydrogens is 438 g/mol. The Hall–Kier alpha value is -2.80. The van der Waals surface area contributed by atoms with Gasteiger partial charge in [-0.2, -0.15) is 0 Å². The predicted octanol–water partition coefficient (Wildman–Crippen LogP) is 4.53. The fourth-order valence-electron chi connectivity index (χ4n) is 3.69. The summed E-state index contributed by atoms with van der Waals surface area (Å²) in [5, 5.41) is 0.433. The van der Waals surface area contributed by atoms with Gasteiger partial charge >= 0.3 is 0 Å². The van der Waals surface area contributed by atoms with Crippen LogP contribution in [0.3, 0.4) is 0 Å². The van der Waals surface area contributed by atoms with Crippen molar-refractivity contribution in [2.45, 2.75) is 19.9 Å². The van der Waals surface area contributed by atoms with Crippen molar-refractivity contribution in [3.63, 3.8) is 0 Å². The van der Waals surface area contributed by atoms with Gasteiger partial charge in [0.05, 0.1) is 30.2 Å². The summed E-state index contributed by atoms with van der Waals surface area (Å²) >= 11 is 3.39. The van der Waals surface area contributed by atoms with Crippen LogP contribution in [-0.2, 0) is 0 Å². The number of hydrogen-bond donors (Lipinski definition) is 0. The standard InChI is InChI=1S/C22H20BrNO5/c1-4-27-16-8-6-12(10-17(16)28-5-2)19-18-20(25)14-11-13(23)7-9-15(14)29-21(18)22(26)24(19)3/h6-11,19H,4-5H2,1-3H3. The molecule has 1 amide bonds. The number of benzene rings is 2. The molecule has 1 aliphatic rings. The number of hydrogen-bond acceptors (Lipinski definition) is 5. The highest BCUT2D eigenvalue weighted by molar-refractivity contribution is 9.10.